The summed E-state index contributed by atoms with van der Waals surface area (Å²) < 4.78 is 48.2. The van der Waals surface area contributed by atoms with Gasteiger partial charge in [-0.1, -0.05) is 28.9 Å². The minimum Gasteiger partial charge on any atom is -0.483 e. The van der Waals surface area contributed by atoms with Gasteiger partial charge in [-0.25, -0.2) is 0 Å². The summed E-state index contributed by atoms with van der Waals surface area (Å²) in [6, 6.07) is 8.68. The predicted octanol–water partition coefficient (Wildman–Crippen LogP) is 4.09. The summed E-state index contributed by atoms with van der Waals surface area (Å²) in [6.45, 7) is -0.171. The lowest BCUT2D eigenvalue weighted by molar-refractivity contribution is -0.137. The second-order valence-electron chi connectivity index (χ2n) is 5.38. The number of primary amides is 1. The van der Waals surface area contributed by atoms with Crippen molar-refractivity contribution in [3.63, 3.8) is 0 Å². The van der Waals surface area contributed by atoms with Crippen LogP contribution in [0, 0.1) is 0 Å². The number of carbonyl (C=O) groups excluding carboxylic acids is 1. The van der Waals surface area contributed by atoms with Gasteiger partial charge in [0.15, 0.2) is 6.61 Å². The molecule has 0 radical (unpaired) electrons. The first-order valence-electron chi connectivity index (χ1n) is 7.46. The molecule has 10 heteroatoms. The maximum Gasteiger partial charge on any atom is 0.416 e. The SMILES string of the molecule is NC(=O)c1cc(Cl)ccc1OCc1nc(-c2ccc(C(F)(F)F)cc2)no1. The first kappa shape index (κ1) is 18.7. The van der Waals surface area contributed by atoms with Crippen molar-refractivity contribution in [1.29, 1.82) is 0 Å². The summed E-state index contributed by atoms with van der Waals surface area (Å²) in [6.07, 6.45) is -4.43. The van der Waals surface area contributed by atoms with Crippen molar-refractivity contribution < 1.29 is 27.2 Å². The molecule has 0 fully saturated rings. The fourth-order valence-electron chi connectivity index (χ4n) is 2.20. The molecule has 1 heterocycles. The van der Waals surface area contributed by atoms with E-state index in [9.17, 15) is 18.0 Å². The highest BCUT2D eigenvalue weighted by atomic mass is 35.5. The number of alkyl halides is 3. The van der Waals surface area contributed by atoms with Crippen molar-refractivity contribution in [2.45, 2.75) is 12.8 Å². The predicted molar refractivity (Wildman–Crippen MR) is 89.0 cm³/mol. The van der Waals surface area contributed by atoms with Gasteiger partial charge >= 0.3 is 6.18 Å². The van der Waals surface area contributed by atoms with Gasteiger partial charge in [0, 0.05) is 10.6 Å². The third-order valence-corrected chi connectivity index (χ3v) is 3.73. The quantitative estimate of drug-likeness (QED) is 0.700. The number of hydrogen-bond donors (Lipinski definition) is 1. The third kappa shape index (κ3) is 4.37. The normalized spacial score (nSPS) is 11.4. The van der Waals surface area contributed by atoms with E-state index in [2.05, 4.69) is 10.1 Å². The molecule has 1 aromatic heterocycles. The van der Waals surface area contributed by atoms with Crippen LogP contribution in [0.2, 0.25) is 5.02 Å². The molecule has 27 heavy (non-hydrogen) atoms. The van der Waals surface area contributed by atoms with Crippen molar-refractivity contribution >= 4 is 17.5 Å². The number of carbonyl (C=O) groups is 1. The monoisotopic (exact) mass is 397 g/mol. The zero-order chi connectivity index (χ0) is 19.6. The van der Waals surface area contributed by atoms with Crippen LogP contribution < -0.4 is 10.5 Å². The van der Waals surface area contributed by atoms with Gasteiger partial charge in [0.2, 0.25) is 5.82 Å². The van der Waals surface area contributed by atoms with E-state index in [1.807, 2.05) is 0 Å². The first-order valence-corrected chi connectivity index (χ1v) is 7.84. The third-order valence-electron chi connectivity index (χ3n) is 3.50. The van der Waals surface area contributed by atoms with Crippen molar-refractivity contribution in [3.05, 3.63) is 64.5 Å². The van der Waals surface area contributed by atoms with Crippen LogP contribution in [0.3, 0.4) is 0 Å². The van der Waals surface area contributed by atoms with Crippen LogP contribution in [-0.2, 0) is 12.8 Å². The summed E-state index contributed by atoms with van der Waals surface area (Å²) in [4.78, 5) is 15.5. The number of hydrogen-bond acceptors (Lipinski definition) is 5. The molecule has 6 nitrogen and oxygen atoms in total. The number of nitrogens with zero attached hydrogens (tertiary/aromatic N) is 2. The first-order chi connectivity index (χ1) is 12.7. The Labute approximate surface area is 155 Å². The molecule has 0 aliphatic rings. The highest BCUT2D eigenvalue weighted by Crippen LogP contribution is 2.30. The average molecular weight is 398 g/mol. The maximum absolute atomic E-state index is 12.6. The Morgan fingerprint density at radius 2 is 1.89 bits per heavy atom. The fourth-order valence-corrected chi connectivity index (χ4v) is 2.37. The second-order valence-corrected chi connectivity index (χ2v) is 5.82. The maximum atomic E-state index is 12.6. The molecule has 0 spiro atoms. The number of nitrogens with two attached hydrogens (primary N) is 1. The highest BCUT2D eigenvalue weighted by molar-refractivity contribution is 6.31. The van der Waals surface area contributed by atoms with Crippen LogP contribution in [0.4, 0.5) is 13.2 Å². The Kier molecular flexibility index (Phi) is 5.04. The smallest absolute Gasteiger partial charge is 0.416 e. The topological polar surface area (TPSA) is 91.2 Å². The van der Waals surface area contributed by atoms with E-state index in [1.165, 1.54) is 30.3 Å². The van der Waals surface area contributed by atoms with Gasteiger partial charge in [-0.05, 0) is 30.3 Å². The Balaban J connectivity index is 1.73. The van der Waals surface area contributed by atoms with Gasteiger partial charge in [-0.2, -0.15) is 18.2 Å². The molecule has 0 saturated carbocycles. The molecule has 0 aliphatic carbocycles. The average Bonchev–Trinajstić information content (AvgIpc) is 3.09. The van der Waals surface area contributed by atoms with Crippen LogP contribution in [0.25, 0.3) is 11.4 Å². The number of halogens is 4. The molecular weight excluding hydrogens is 387 g/mol. The van der Waals surface area contributed by atoms with E-state index >= 15 is 0 Å². The minimum atomic E-state index is -4.43. The molecule has 0 saturated heterocycles. The van der Waals surface area contributed by atoms with Crippen LogP contribution in [0.5, 0.6) is 5.75 Å². The van der Waals surface area contributed by atoms with Gasteiger partial charge in [0.1, 0.15) is 5.75 Å². The summed E-state index contributed by atoms with van der Waals surface area (Å²) in [5.41, 5.74) is 4.93. The van der Waals surface area contributed by atoms with Crippen LogP contribution in [0.1, 0.15) is 21.8 Å². The minimum absolute atomic E-state index is 0.0651. The van der Waals surface area contributed by atoms with Gasteiger partial charge in [0.05, 0.1) is 11.1 Å². The highest BCUT2D eigenvalue weighted by Gasteiger charge is 2.30. The van der Waals surface area contributed by atoms with Crippen molar-refractivity contribution in [2.24, 2.45) is 5.73 Å². The number of aromatic nitrogens is 2. The lowest BCUT2D eigenvalue weighted by atomic mass is 10.1. The van der Waals surface area contributed by atoms with Gasteiger partial charge in [0.25, 0.3) is 11.8 Å². The molecule has 0 unspecified atom stereocenters. The van der Waals surface area contributed by atoms with Gasteiger partial charge < -0.3 is 15.0 Å². The standard InChI is InChI=1S/C17H11ClF3N3O3/c18-11-5-6-13(12(7-11)15(22)25)26-8-14-23-16(24-27-14)9-1-3-10(4-2-9)17(19,20)21/h1-7H,8H2,(H2,22,25). The zero-order valence-corrected chi connectivity index (χ0v) is 14.2. The number of ether oxygens (including phenoxy) is 1. The molecule has 140 valence electrons. The Bertz CT molecular complexity index is 972. The lowest BCUT2D eigenvalue weighted by Gasteiger charge is -2.07. The van der Waals surface area contributed by atoms with Crippen LogP contribution >= 0.6 is 11.6 Å². The Morgan fingerprint density at radius 3 is 2.52 bits per heavy atom. The van der Waals surface area contributed by atoms with Crippen molar-refractivity contribution in [3.8, 4) is 17.1 Å². The van der Waals surface area contributed by atoms with E-state index in [0.29, 0.717) is 10.6 Å². The summed E-state index contributed by atoms with van der Waals surface area (Å²) >= 11 is 5.81. The summed E-state index contributed by atoms with van der Waals surface area (Å²) in [5.74, 6) is -0.367. The number of amides is 1. The van der Waals surface area contributed by atoms with E-state index < -0.39 is 17.6 Å². The lowest BCUT2D eigenvalue weighted by Crippen LogP contribution is -2.13. The fraction of sp³-hybridized carbons (Fsp3) is 0.118. The summed E-state index contributed by atoms with van der Waals surface area (Å²) in [7, 11) is 0. The molecule has 0 atom stereocenters. The zero-order valence-electron chi connectivity index (χ0n) is 13.5. The van der Waals surface area contributed by atoms with E-state index in [1.54, 1.807) is 0 Å². The number of benzene rings is 2. The van der Waals surface area contributed by atoms with Gasteiger partial charge in [-0.3, -0.25) is 4.79 Å². The molecule has 3 rings (SSSR count). The van der Waals surface area contributed by atoms with Crippen molar-refractivity contribution in [2.75, 3.05) is 0 Å². The molecule has 1 amide bonds. The van der Waals surface area contributed by atoms with Crippen LogP contribution in [0.15, 0.2) is 47.0 Å². The van der Waals surface area contributed by atoms with Crippen molar-refractivity contribution in [1.82, 2.24) is 10.1 Å². The summed E-state index contributed by atoms with van der Waals surface area (Å²) in [5, 5.41) is 4.02. The molecule has 2 N–H and O–H groups in total. The van der Waals surface area contributed by atoms with E-state index in [4.69, 9.17) is 26.6 Å². The molecule has 3 aromatic rings. The largest absolute Gasteiger partial charge is 0.483 e. The van der Waals surface area contributed by atoms with Gasteiger partial charge in [-0.15, -0.1) is 0 Å². The van der Waals surface area contributed by atoms with Crippen LogP contribution in [-0.4, -0.2) is 16.0 Å². The van der Waals surface area contributed by atoms with E-state index in [0.717, 1.165) is 12.1 Å². The number of rotatable bonds is 5. The Hall–Kier alpha value is -3.07. The molecule has 0 bridgehead atoms. The molecule has 2 aromatic carbocycles. The van der Waals surface area contributed by atoms with E-state index in [-0.39, 0.29) is 29.6 Å². The molecule has 0 aliphatic heterocycles. The second kappa shape index (κ2) is 7.28. The molecular formula is C17H11ClF3N3O3. The Morgan fingerprint density at radius 1 is 1.19 bits per heavy atom.